The van der Waals surface area contributed by atoms with Crippen LogP contribution in [0.1, 0.15) is 25.3 Å². The van der Waals surface area contributed by atoms with Gasteiger partial charge in [-0.15, -0.1) is 0 Å². The van der Waals surface area contributed by atoms with Crippen LogP contribution in [0.5, 0.6) is 17.4 Å². The van der Waals surface area contributed by atoms with E-state index in [1.807, 2.05) is 43.3 Å². The molecule has 0 bridgehead atoms. The Kier molecular flexibility index (Phi) is 5.15. The van der Waals surface area contributed by atoms with Crippen LogP contribution in [-0.2, 0) is 6.54 Å². The number of nitrogens with two attached hydrogens (primary N) is 1. The zero-order valence-corrected chi connectivity index (χ0v) is 13.7. The van der Waals surface area contributed by atoms with E-state index in [9.17, 15) is 0 Å². The minimum atomic E-state index is 0.489. The molecule has 1 aromatic carbocycles. The van der Waals surface area contributed by atoms with Crippen LogP contribution in [0.2, 0.25) is 0 Å². The highest BCUT2D eigenvalue weighted by Gasteiger charge is 2.21. The second kappa shape index (κ2) is 7.68. The monoisotopic (exact) mass is 326 g/mol. The molecule has 1 heterocycles. The Bertz CT molecular complexity index is 696. The van der Waals surface area contributed by atoms with Crippen LogP contribution in [0.15, 0.2) is 47.6 Å². The third-order valence-electron chi connectivity index (χ3n) is 3.52. The summed E-state index contributed by atoms with van der Waals surface area (Å²) in [5.41, 5.74) is 6.84. The Morgan fingerprint density at radius 1 is 1.25 bits per heavy atom. The number of pyridine rings is 1. The molecule has 0 saturated heterocycles. The summed E-state index contributed by atoms with van der Waals surface area (Å²) in [6, 6.07) is 11.7. The molecule has 1 aliphatic carbocycles. The van der Waals surface area contributed by atoms with Crippen LogP contribution in [0.4, 0.5) is 0 Å². The summed E-state index contributed by atoms with van der Waals surface area (Å²) in [5.74, 6) is 2.55. The normalized spacial score (nSPS) is 14.3. The van der Waals surface area contributed by atoms with E-state index < -0.39 is 0 Å². The number of nitrogens with one attached hydrogen (secondary N) is 1. The van der Waals surface area contributed by atoms with Crippen molar-refractivity contribution in [2.24, 2.45) is 10.7 Å². The lowest BCUT2D eigenvalue weighted by Gasteiger charge is -2.08. The van der Waals surface area contributed by atoms with Crippen LogP contribution in [-0.4, -0.2) is 23.6 Å². The molecule has 1 saturated carbocycles. The molecule has 24 heavy (non-hydrogen) atoms. The summed E-state index contributed by atoms with van der Waals surface area (Å²) in [6.07, 6.45) is 4.05. The summed E-state index contributed by atoms with van der Waals surface area (Å²) in [6.45, 7) is 3.09. The van der Waals surface area contributed by atoms with Gasteiger partial charge >= 0.3 is 0 Å². The number of aromatic nitrogens is 1. The van der Waals surface area contributed by atoms with Gasteiger partial charge in [-0.2, -0.15) is 0 Å². The van der Waals surface area contributed by atoms with Crippen LogP contribution in [0.3, 0.4) is 0 Å². The van der Waals surface area contributed by atoms with E-state index in [0.717, 1.165) is 11.3 Å². The zero-order valence-electron chi connectivity index (χ0n) is 13.7. The summed E-state index contributed by atoms with van der Waals surface area (Å²) in [4.78, 5) is 8.57. The molecule has 6 heteroatoms. The van der Waals surface area contributed by atoms with Crippen molar-refractivity contribution in [1.82, 2.24) is 10.3 Å². The first-order chi connectivity index (χ1) is 11.7. The highest BCUT2D eigenvalue weighted by Crippen LogP contribution is 2.23. The highest BCUT2D eigenvalue weighted by atomic mass is 16.5. The molecule has 1 aliphatic rings. The molecule has 0 atom stereocenters. The molecule has 1 aromatic heterocycles. The predicted molar refractivity (Wildman–Crippen MR) is 93.4 cm³/mol. The number of rotatable bonds is 7. The fourth-order valence-corrected chi connectivity index (χ4v) is 2.15. The molecule has 0 spiro atoms. The van der Waals surface area contributed by atoms with Crippen LogP contribution in [0.25, 0.3) is 0 Å². The van der Waals surface area contributed by atoms with Gasteiger partial charge in [-0.1, -0.05) is 0 Å². The van der Waals surface area contributed by atoms with Gasteiger partial charge in [0.2, 0.25) is 5.88 Å². The van der Waals surface area contributed by atoms with Gasteiger partial charge < -0.3 is 20.5 Å². The molecule has 3 rings (SSSR count). The largest absolute Gasteiger partial charge is 0.494 e. The zero-order chi connectivity index (χ0) is 16.8. The minimum absolute atomic E-state index is 0.489. The summed E-state index contributed by atoms with van der Waals surface area (Å²) in [7, 11) is 0. The molecule has 0 amide bonds. The topological polar surface area (TPSA) is 81.8 Å². The van der Waals surface area contributed by atoms with Gasteiger partial charge in [0, 0.05) is 18.3 Å². The number of hydrogen-bond donors (Lipinski definition) is 2. The average molecular weight is 326 g/mol. The van der Waals surface area contributed by atoms with Gasteiger partial charge in [-0.05, 0) is 55.7 Å². The molecule has 0 aliphatic heterocycles. The predicted octanol–water partition coefficient (Wildman–Crippen LogP) is 2.84. The SMILES string of the molecule is CCOc1ccc(Oc2cc(CN=C(N)NC3CC3)ccn2)cc1. The molecule has 126 valence electrons. The Morgan fingerprint density at radius 3 is 2.71 bits per heavy atom. The molecule has 1 fully saturated rings. The van der Waals surface area contributed by atoms with E-state index in [1.165, 1.54) is 12.8 Å². The van der Waals surface area contributed by atoms with Crippen molar-refractivity contribution in [3.63, 3.8) is 0 Å². The Balaban J connectivity index is 1.59. The Labute approximate surface area is 141 Å². The molecule has 0 unspecified atom stereocenters. The van der Waals surface area contributed by atoms with Crippen molar-refractivity contribution in [2.45, 2.75) is 32.4 Å². The minimum Gasteiger partial charge on any atom is -0.494 e. The molecular weight excluding hydrogens is 304 g/mol. The van der Waals surface area contributed by atoms with Crippen molar-refractivity contribution < 1.29 is 9.47 Å². The van der Waals surface area contributed by atoms with Gasteiger partial charge in [0.05, 0.1) is 13.2 Å². The van der Waals surface area contributed by atoms with Gasteiger partial charge in [0.25, 0.3) is 0 Å². The third-order valence-corrected chi connectivity index (χ3v) is 3.52. The number of benzene rings is 1. The Hall–Kier alpha value is -2.76. The van der Waals surface area contributed by atoms with Gasteiger partial charge in [-0.25, -0.2) is 9.98 Å². The first kappa shape index (κ1) is 16.1. The quantitative estimate of drug-likeness (QED) is 0.604. The van der Waals surface area contributed by atoms with Gasteiger partial charge in [0.1, 0.15) is 11.5 Å². The van der Waals surface area contributed by atoms with Gasteiger partial charge in [0.15, 0.2) is 5.96 Å². The lowest BCUT2D eigenvalue weighted by molar-refractivity contribution is 0.339. The molecule has 3 N–H and O–H groups in total. The highest BCUT2D eigenvalue weighted by molar-refractivity contribution is 5.78. The fraction of sp³-hybridized carbons (Fsp3) is 0.333. The molecule has 6 nitrogen and oxygen atoms in total. The summed E-state index contributed by atoms with van der Waals surface area (Å²) >= 11 is 0. The summed E-state index contributed by atoms with van der Waals surface area (Å²) in [5, 5.41) is 3.16. The standard InChI is InChI=1S/C18H22N4O2/c1-2-23-15-5-7-16(8-6-15)24-17-11-13(9-10-20-17)12-21-18(19)22-14-3-4-14/h5-11,14H,2-4,12H2,1H3,(H3,19,21,22). The van der Waals surface area contributed by atoms with E-state index in [0.29, 0.717) is 36.8 Å². The first-order valence-electron chi connectivity index (χ1n) is 8.15. The smallest absolute Gasteiger partial charge is 0.219 e. The maximum absolute atomic E-state index is 5.84. The van der Waals surface area contributed by atoms with Crippen molar-refractivity contribution in [3.8, 4) is 17.4 Å². The van der Waals surface area contributed by atoms with Crippen LogP contribution >= 0.6 is 0 Å². The van der Waals surface area contributed by atoms with E-state index in [1.54, 1.807) is 6.20 Å². The van der Waals surface area contributed by atoms with E-state index in [-0.39, 0.29) is 0 Å². The van der Waals surface area contributed by atoms with E-state index in [2.05, 4.69) is 15.3 Å². The second-order valence-electron chi connectivity index (χ2n) is 5.63. The van der Waals surface area contributed by atoms with Crippen LogP contribution in [0, 0.1) is 0 Å². The van der Waals surface area contributed by atoms with E-state index >= 15 is 0 Å². The molecule has 0 radical (unpaired) electrons. The van der Waals surface area contributed by atoms with Crippen LogP contribution < -0.4 is 20.5 Å². The third kappa shape index (κ3) is 4.87. The lowest BCUT2D eigenvalue weighted by atomic mass is 10.2. The van der Waals surface area contributed by atoms with Crippen molar-refractivity contribution in [2.75, 3.05) is 6.61 Å². The Morgan fingerprint density at radius 2 is 2.00 bits per heavy atom. The number of ether oxygens (including phenoxy) is 2. The average Bonchev–Trinajstić information content (AvgIpc) is 3.39. The van der Waals surface area contributed by atoms with Crippen molar-refractivity contribution >= 4 is 5.96 Å². The number of guanidine groups is 1. The molecular formula is C18H22N4O2. The van der Waals surface area contributed by atoms with Gasteiger partial charge in [-0.3, -0.25) is 0 Å². The molecule has 2 aromatic rings. The number of hydrogen-bond acceptors (Lipinski definition) is 4. The maximum atomic E-state index is 5.84. The maximum Gasteiger partial charge on any atom is 0.219 e. The fourth-order valence-electron chi connectivity index (χ4n) is 2.15. The van der Waals surface area contributed by atoms with Crippen molar-refractivity contribution in [3.05, 3.63) is 48.2 Å². The van der Waals surface area contributed by atoms with Crippen molar-refractivity contribution in [1.29, 1.82) is 0 Å². The summed E-state index contributed by atoms with van der Waals surface area (Å²) < 4.78 is 11.2. The number of nitrogens with zero attached hydrogens (tertiary/aromatic N) is 2. The lowest BCUT2D eigenvalue weighted by Crippen LogP contribution is -2.33. The van der Waals surface area contributed by atoms with E-state index in [4.69, 9.17) is 15.2 Å². The first-order valence-corrected chi connectivity index (χ1v) is 8.15. The second-order valence-corrected chi connectivity index (χ2v) is 5.63. The number of aliphatic imine (C=N–C) groups is 1.